The van der Waals surface area contributed by atoms with Gasteiger partial charge in [0.1, 0.15) is 11.4 Å². The van der Waals surface area contributed by atoms with Crippen molar-refractivity contribution >= 4 is 27.8 Å². The van der Waals surface area contributed by atoms with E-state index in [9.17, 15) is 0 Å². The summed E-state index contributed by atoms with van der Waals surface area (Å²) < 4.78 is 0. The van der Waals surface area contributed by atoms with Crippen molar-refractivity contribution in [3.8, 4) is 11.4 Å². The zero-order valence-electron chi connectivity index (χ0n) is 5.52. The van der Waals surface area contributed by atoms with Crippen molar-refractivity contribution in [3.05, 3.63) is 16.3 Å². The van der Waals surface area contributed by atoms with Gasteiger partial charge >= 0.3 is 0 Å². The molecule has 0 aromatic carbocycles. The number of nitrogen functional groups attached to an aromatic ring is 1. The Bertz CT molecular complexity index is 338. The first-order valence-corrected chi connectivity index (χ1v) is 4.78. The van der Waals surface area contributed by atoms with Crippen LogP contribution in [0.4, 0.5) is 5.13 Å². The van der Waals surface area contributed by atoms with Gasteiger partial charge < -0.3 is 5.73 Å². The molecular weight excluding hydrogens is 178 g/mol. The van der Waals surface area contributed by atoms with E-state index in [1.165, 1.54) is 11.3 Å². The molecule has 2 aromatic heterocycles. The van der Waals surface area contributed by atoms with E-state index in [0.717, 1.165) is 11.4 Å². The third-order valence-electron chi connectivity index (χ3n) is 1.22. The second-order valence-electron chi connectivity index (χ2n) is 1.94. The van der Waals surface area contributed by atoms with Crippen molar-refractivity contribution in [2.24, 2.45) is 0 Å². The van der Waals surface area contributed by atoms with Crippen molar-refractivity contribution in [2.75, 3.05) is 5.73 Å². The molecule has 5 heteroatoms. The Balaban J connectivity index is 2.45. The molecule has 0 aliphatic rings. The van der Waals surface area contributed by atoms with Crippen LogP contribution in [0.2, 0.25) is 0 Å². The normalized spacial score (nSPS) is 10.2. The molecule has 3 nitrogen and oxygen atoms in total. The maximum atomic E-state index is 5.47. The van der Waals surface area contributed by atoms with Crippen LogP contribution in [-0.4, -0.2) is 9.97 Å². The van der Waals surface area contributed by atoms with Gasteiger partial charge in [-0.3, -0.25) is 0 Å². The standard InChI is InChI=1S/C6H5N3S2/c7-6-9-5(2-11-6)4-1-10-3-8-4/h1-3H,(H2,7,9). The van der Waals surface area contributed by atoms with Gasteiger partial charge in [0.2, 0.25) is 0 Å². The molecule has 2 rings (SSSR count). The Morgan fingerprint density at radius 3 is 2.73 bits per heavy atom. The molecule has 0 saturated carbocycles. The fourth-order valence-electron chi connectivity index (χ4n) is 0.744. The van der Waals surface area contributed by atoms with Crippen LogP contribution in [0.3, 0.4) is 0 Å². The lowest BCUT2D eigenvalue weighted by Crippen LogP contribution is -1.82. The molecular formula is C6H5N3S2. The van der Waals surface area contributed by atoms with Crippen molar-refractivity contribution < 1.29 is 0 Å². The Morgan fingerprint density at radius 2 is 2.18 bits per heavy atom. The SMILES string of the molecule is Nc1nc(-c2cscn2)cs1. The highest BCUT2D eigenvalue weighted by Crippen LogP contribution is 2.22. The molecule has 0 aliphatic carbocycles. The summed E-state index contributed by atoms with van der Waals surface area (Å²) in [6.07, 6.45) is 0. The average molecular weight is 183 g/mol. The average Bonchev–Trinajstić information content (AvgIpc) is 2.55. The van der Waals surface area contributed by atoms with Crippen LogP contribution >= 0.6 is 22.7 Å². The van der Waals surface area contributed by atoms with E-state index in [1.807, 2.05) is 10.8 Å². The Labute approximate surface area is 71.5 Å². The van der Waals surface area contributed by atoms with E-state index < -0.39 is 0 Å². The van der Waals surface area contributed by atoms with Crippen LogP contribution < -0.4 is 5.73 Å². The van der Waals surface area contributed by atoms with Crippen LogP contribution in [0.1, 0.15) is 0 Å². The van der Waals surface area contributed by atoms with Crippen molar-refractivity contribution in [1.82, 2.24) is 9.97 Å². The number of thiazole rings is 2. The Kier molecular flexibility index (Phi) is 1.59. The summed E-state index contributed by atoms with van der Waals surface area (Å²) in [5.41, 5.74) is 9.03. The molecule has 0 atom stereocenters. The number of nitrogens with zero attached hydrogens (tertiary/aromatic N) is 2. The highest BCUT2D eigenvalue weighted by molar-refractivity contribution is 7.13. The van der Waals surface area contributed by atoms with Gasteiger partial charge in [-0.2, -0.15) is 0 Å². The zero-order valence-corrected chi connectivity index (χ0v) is 7.15. The van der Waals surface area contributed by atoms with Gasteiger partial charge in [0.15, 0.2) is 5.13 Å². The molecule has 0 fully saturated rings. The summed E-state index contributed by atoms with van der Waals surface area (Å²) >= 11 is 2.99. The van der Waals surface area contributed by atoms with E-state index in [1.54, 1.807) is 16.8 Å². The Morgan fingerprint density at radius 1 is 1.27 bits per heavy atom. The predicted molar refractivity (Wildman–Crippen MR) is 47.6 cm³/mol. The zero-order chi connectivity index (χ0) is 7.68. The summed E-state index contributed by atoms with van der Waals surface area (Å²) in [7, 11) is 0. The minimum Gasteiger partial charge on any atom is -0.375 e. The van der Waals surface area contributed by atoms with Crippen LogP contribution in [0.25, 0.3) is 11.4 Å². The number of hydrogen-bond donors (Lipinski definition) is 1. The van der Waals surface area contributed by atoms with Gasteiger partial charge in [-0.25, -0.2) is 9.97 Å². The molecule has 2 heterocycles. The molecule has 0 unspecified atom stereocenters. The highest BCUT2D eigenvalue weighted by Gasteiger charge is 2.02. The molecule has 2 aromatic rings. The van der Waals surface area contributed by atoms with E-state index in [-0.39, 0.29) is 0 Å². The molecule has 56 valence electrons. The fraction of sp³-hybridized carbons (Fsp3) is 0. The topological polar surface area (TPSA) is 51.8 Å². The van der Waals surface area contributed by atoms with Crippen molar-refractivity contribution in [1.29, 1.82) is 0 Å². The minimum absolute atomic E-state index is 0.591. The third kappa shape index (κ3) is 1.24. The molecule has 0 aliphatic heterocycles. The summed E-state index contributed by atoms with van der Waals surface area (Å²) in [5.74, 6) is 0. The maximum Gasteiger partial charge on any atom is 0.180 e. The lowest BCUT2D eigenvalue weighted by atomic mass is 10.4. The van der Waals surface area contributed by atoms with Crippen molar-refractivity contribution in [2.45, 2.75) is 0 Å². The van der Waals surface area contributed by atoms with Gasteiger partial charge in [-0.1, -0.05) is 0 Å². The van der Waals surface area contributed by atoms with Gasteiger partial charge in [0.05, 0.1) is 5.51 Å². The first-order valence-electron chi connectivity index (χ1n) is 2.96. The molecule has 0 spiro atoms. The van der Waals surface area contributed by atoms with E-state index >= 15 is 0 Å². The first kappa shape index (κ1) is 6.75. The number of nitrogens with two attached hydrogens (primary N) is 1. The van der Waals surface area contributed by atoms with Gasteiger partial charge in [-0.15, -0.1) is 22.7 Å². The summed E-state index contributed by atoms with van der Waals surface area (Å²) in [4.78, 5) is 8.20. The summed E-state index contributed by atoms with van der Waals surface area (Å²) in [6.45, 7) is 0. The van der Waals surface area contributed by atoms with Crippen molar-refractivity contribution in [3.63, 3.8) is 0 Å². The second kappa shape index (κ2) is 2.60. The number of aromatic nitrogens is 2. The summed E-state index contributed by atoms with van der Waals surface area (Å²) in [6, 6.07) is 0. The smallest absolute Gasteiger partial charge is 0.180 e. The quantitative estimate of drug-likeness (QED) is 0.734. The van der Waals surface area contributed by atoms with E-state index in [0.29, 0.717) is 5.13 Å². The van der Waals surface area contributed by atoms with E-state index in [2.05, 4.69) is 9.97 Å². The number of hydrogen-bond acceptors (Lipinski definition) is 5. The molecule has 0 saturated heterocycles. The fourth-order valence-corrected chi connectivity index (χ4v) is 1.85. The predicted octanol–water partition coefficient (Wildman–Crippen LogP) is 1.85. The Hall–Kier alpha value is -0.940. The lowest BCUT2D eigenvalue weighted by molar-refractivity contribution is 1.34. The second-order valence-corrected chi connectivity index (χ2v) is 3.55. The molecule has 0 bridgehead atoms. The summed E-state index contributed by atoms with van der Waals surface area (Å²) in [5, 5.41) is 4.45. The molecule has 0 amide bonds. The van der Waals surface area contributed by atoms with Crippen LogP contribution in [0.15, 0.2) is 16.3 Å². The van der Waals surface area contributed by atoms with Gasteiger partial charge in [0.25, 0.3) is 0 Å². The molecule has 2 N–H and O–H groups in total. The van der Waals surface area contributed by atoms with Gasteiger partial charge in [-0.05, 0) is 0 Å². The molecule has 0 radical (unpaired) electrons. The molecule has 11 heavy (non-hydrogen) atoms. The van der Waals surface area contributed by atoms with Gasteiger partial charge in [0, 0.05) is 10.8 Å². The highest BCUT2D eigenvalue weighted by atomic mass is 32.1. The minimum atomic E-state index is 0.591. The third-order valence-corrected chi connectivity index (χ3v) is 2.48. The van der Waals surface area contributed by atoms with Crippen LogP contribution in [0.5, 0.6) is 0 Å². The number of anilines is 1. The number of rotatable bonds is 1. The van der Waals surface area contributed by atoms with E-state index in [4.69, 9.17) is 5.73 Å². The maximum absolute atomic E-state index is 5.47. The first-order chi connectivity index (χ1) is 5.36. The van der Waals surface area contributed by atoms with Crippen LogP contribution in [0, 0.1) is 0 Å². The monoisotopic (exact) mass is 183 g/mol. The van der Waals surface area contributed by atoms with Crippen LogP contribution in [-0.2, 0) is 0 Å². The lowest BCUT2D eigenvalue weighted by Gasteiger charge is -1.83. The largest absolute Gasteiger partial charge is 0.375 e.